The van der Waals surface area contributed by atoms with Crippen LogP contribution in [0.5, 0.6) is 5.75 Å². The molecule has 0 radical (unpaired) electrons. The molecule has 4 rings (SSSR count). The van der Waals surface area contributed by atoms with Crippen molar-refractivity contribution in [2.24, 2.45) is 0 Å². The number of nitrogens with one attached hydrogen (secondary N) is 1. The minimum atomic E-state index is -4.59. The number of hydrogen-bond acceptors (Lipinski definition) is 5. The summed E-state index contributed by atoms with van der Waals surface area (Å²) in [6, 6.07) is 16.8. The van der Waals surface area contributed by atoms with Gasteiger partial charge < -0.3 is 19.6 Å². The van der Waals surface area contributed by atoms with E-state index in [-0.39, 0.29) is 29.9 Å². The van der Waals surface area contributed by atoms with E-state index in [4.69, 9.17) is 9.72 Å². The molecule has 0 saturated heterocycles. The average Bonchev–Trinajstić information content (AvgIpc) is 3.34. The van der Waals surface area contributed by atoms with E-state index in [1.54, 1.807) is 6.07 Å². The van der Waals surface area contributed by atoms with Gasteiger partial charge in [-0.25, -0.2) is 4.98 Å². The summed E-state index contributed by atoms with van der Waals surface area (Å²) in [5, 5.41) is 21.8. The van der Waals surface area contributed by atoms with Gasteiger partial charge >= 0.3 is 6.18 Å². The van der Waals surface area contributed by atoms with E-state index in [0.717, 1.165) is 35.0 Å². The number of nitriles is 1. The first-order valence-electron chi connectivity index (χ1n) is 12.3. The van der Waals surface area contributed by atoms with Crippen LogP contribution in [-0.2, 0) is 6.42 Å². The molecule has 10 heteroatoms. The van der Waals surface area contributed by atoms with Gasteiger partial charge in [-0.1, -0.05) is 30.3 Å². The summed E-state index contributed by atoms with van der Waals surface area (Å²) in [6.45, 7) is 2.68. The molecule has 0 spiro atoms. The van der Waals surface area contributed by atoms with Crippen LogP contribution in [0.1, 0.15) is 40.4 Å². The predicted octanol–water partition coefficient (Wildman–Crippen LogP) is 5.23. The molecular formula is C29H27F3N4O3. The van der Waals surface area contributed by atoms with Crippen molar-refractivity contribution in [1.82, 2.24) is 14.7 Å². The van der Waals surface area contributed by atoms with E-state index in [1.807, 2.05) is 60.1 Å². The maximum Gasteiger partial charge on any atom is 0.425 e. The first-order valence-corrected chi connectivity index (χ1v) is 12.3. The van der Waals surface area contributed by atoms with Crippen molar-refractivity contribution in [2.45, 2.75) is 45.0 Å². The third-order valence-electron chi connectivity index (χ3n) is 6.35. The number of carbonyl (C=O) groups is 1. The lowest BCUT2D eigenvalue weighted by atomic mass is 10.0. The molecule has 2 aromatic carbocycles. The second-order valence-electron chi connectivity index (χ2n) is 9.26. The Morgan fingerprint density at radius 2 is 1.95 bits per heavy atom. The number of amides is 1. The molecule has 2 N–H and O–H groups in total. The Balaban J connectivity index is 1.45. The third-order valence-corrected chi connectivity index (χ3v) is 6.35. The van der Waals surface area contributed by atoms with E-state index >= 15 is 0 Å². The predicted molar refractivity (Wildman–Crippen MR) is 139 cm³/mol. The Hall–Kier alpha value is -4.36. The lowest BCUT2D eigenvalue weighted by Gasteiger charge is -2.20. The van der Waals surface area contributed by atoms with Gasteiger partial charge in [0.15, 0.2) is 6.10 Å². The number of imidazole rings is 1. The summed E-state index contributed by atoms with van der Waals surface area (Å²) in [4.78, 5) is 17.6. The van der Waals surface area contributed by atoms with Crippen LogP contribution in [0.4, 0.5) is 13.2 Å². The molecule has 0 fully saturated rings. The van der Waals surface area contributed by atoms with Crippen molar-refractivity contribution in [3.63, 3.8) is 0 Å². The Labute approximate surface area is 223 Å². The number of fused-ring (bicyclic) bond motifs is 1. The summed E-state index contributed by atoms with van der Waals surface area (Å²) < 4.78 is 45.4. The number of hydrogen-bond donors (Lipinski definition) is 2. The standard InChI is InChI=1S/C29H27F3N4O3/c1-18-4-3-12-36-17-25(35-27(18)36)21-7-5-20(6-8-21)14-24(11-13-37)34-28(38)22-9-10-26(23(15-22)16-33)39-19(2)29(30,31)32/h3-10,12,15,17,19,24,37H,11,13-14H2,1-2H3,(H,34,38)/t19?,24-/m1/s1. The van der Waals surface area contributed by atoms with E-state index in [9.17, 15) is 28.3 Å². The monoisotopic (exact) mass is 536 g/mol. The van der Waals surface area contributed by atoms with Crippen molar-refractivity contribution < 1.29 is 27.8 Å². The molecule has 7 nitrogen and oxygen atoms in total. The third kappa shape index (κ3) is 6.56. The summed E-state index contributed by atoms with van der Waals surface area (Å²) >= 11 is 0. The van der Waals surface area contributed by atoms with Crippen molar-refractivity contribution in [3.05, 3.63) is 89.2 Å². The van der Waals surface area contributed by atoms with Crippen molar-refractivity contribution >= 4 is 11.6 Å². The molecule has 0 bridgehead atoms. The Morgan fingerprint density at radius 3 is 2.59 bits per heavy atom. The number of aliphatic hydroxyl groups is 1. The Morgan fingerprint density at radius 1 is 1.21 bits per heavy atom. The number of rotatable bonds is 9. The van der Waals surface area contributed by atoms with Crippen LogP contribution in [0, 0.1) is 18.3 Å². The molecule has 1 unspecified atom stereocenters. The normalized spacial score (nSPS) is 13.1. The lowest BCUT2D eigenvalue weighted by Crippen LogP contribution is -2.37. The van der Waals surface area contributed by atoms with Gasteiger partial charge in [0.05, 0.1) is 11.3 Å². The van der Waals surface area contributed by atoms with E-state index in [2.05, 4.69) is 5.32 Å². The number of halogens is 3. The second kappa shape index (κ2) is 11.6. The van der Waals surface area contributed by atoms with Gasteiger partial charge in [-0.2, -0.15) is 18.4 Å². The van der Waals surface area contributed by atoms with Gasteiger partial charge in [0.25, 0.3) is 5.91 Å². The highest BCUT2D eigenvalue weighted by Gasteiger charge is 2.38. The molecule has 1 amide bonds. The lowest BCUT2D eigenvalue weighted by molar-refractivity contribution is -0.189. The summed E-state index contributed by atoms with van der Waals surface area (Å²) in [5.41, 5.74) is 4.57. The van der Waals surface area contributed by atoms with Crippen LogP contribution in [0.25, 0.3) is 16.9 Å². The summed E-state index contributed by atoms with van der Waals surface area (Å²) in [7, 11) is 0. The van der Waals surface area contributed by atoms with Crippen LogP contribution < -0.4 is 10.1 Å². The number of aryl methyl sites for hydroxylation is 1. The zero-order chi connectivity index (χ0) is 28.2. The maximum absolute atomic E-state index is 12.9. The zero-order valence-corrected chi connectivity index (χ0v) is 21.4. The number of benzene rings is 2. The van der Waals surface area contributed by atoms with Crippen LogP contribution in [0.2, 0.25) is 0 Å². The highest BCUT2D eigenvalue weighted by molar-refractivity contribution is 5.95. The van der Waals surface area contributed by atoms with Crippen LogP contribution in [0.3, 0.4) is 0 Å². The highest BCUT2D eigenvalue weighted by atomic mass is 19.4. The van der Waals surface area contributed by atoms with Gasteiger partial charge in [0, 0.05) is 36.2 Å². The van der Waals surface area contributed by atoms with Crippen molar-refractivity contribution in [2.75, 3.05) is 6.61 Å². The van der Waals surface area contributed by atoms with Crippen molar-refractivity contribution in [1.29, 1.82) is 5.26 Å². The fourth-order valence-corrected chi connectivity index (χ4v) is 4.16. The molecule has 0 saturated carbocycles. The second-order valence-corrected chi connectivity index (χ2v) is 9.26. The minimum absolute atomic E-state index is 0.0963. The molecule has 2 aromatic heterocycles. The first kappa shape index (κ1) is 27.7. The number of nitrogens with zero attached hydrogens (tertiary/aromatic N) is 3. The molecule has 202 valence electrons. The quantitative estimate of drug-likeness (QED) is 0.305. The van der Waals surface area contributed by atoms with E-state index < -0.39 is 24.2 Å². The fraction of sp³-hybridized carbons (Fsp3) is 0.276. The van der Waals surface area contributed by atoms with Gasteiger partial charge in [0.2, 0.25) is 0 Å². The number of aromatic nitrogens is 2. The number of ether oxygens (including phenoxy) is 1. The summed E-state index contributed by atoms with van der Waals surface area (Å²) in [5.74, 6) is -0.774. The first-order chi connectivity index (χ1) is 18.6. The van der Waals surface area contributed by atoms with Gasteiger partial charge in [-0.05, 0) is 62.1 Å². The van der Waals surface area contributed by atoms with E-state index in [1.165, 1.54) is 18.2 Å². The highest BCUT2D eigenvalue weighted by Crippen LogP contribution is 2.28. The van der Waals surface area contributed by atoms with Gasteiger partial charge in [-0.15, -0.1) is 0 Å². The molecule has 2 heterocycles. The largest absolute Gasteiger partial charge is 0.480 e. The molecule has 0 aliphatic rings. The Kier molecular flexibility index (Phi) is 8.21. The van der Waals surface area contributed by atoms with Crippen LogP contribution >= 0.6 is 0 Å². The molecule has 0 aliphatic heterocycles. The molecule has 2 atom stereocenters. The topological polar surface area (TPSA) is 99.6 Å². The Bertz CT molecular complexity index is 1510. The molecule has 4 aromatic rings. The smallest absolute Gasteiger partial charge is 0.425 e. The van der Waals surface area contributed by atoms with Crippen LogP contribution in [0.15, 0.2) is 67.0 Å². The number of alkyl halides is 3. The number of pyridine rings is 1. The molecular weight excluding hydrogens is 509 g/mol. The molecule has 39 heavy (non-hydrogen) atoms. The van der Waals surface area contributed by atoms with Gasteiger partial charge in [0.1, 0.15) is 17.5 Å². The minimum Gasteiger partial charge on any atom is -0.480 e. The average molecular weight is 537 g/mol. The van der Waals surface area contributed by atoms with Crippen LogP contribution in [-0.4, -0.2) is 45.3 Å². The SMILES string of the molecule is Cc1cccn2cc(-c3ccc(C[C@@H](CCO)NC(=O)c4ccc(OC(C)C(F)(F)F)c(C#N)c4)cc3)nc12. The zero-order valence-electron chi connectivity index (χ0n) is 21.4. The maximum atomic E-state index is 12.9. The summed E-state index contributed by atoms with van der Waals surface area (Å²) in [6.07, 6.45) is -2.08. The fourth-order valence-electron chi connectivity index (χ4n) is 4.16. The van der Waals surface area contributed by atoms with Crippen molar-refractivity contribution in [3.8, 4) is 23.1 Å². The number of carbonyl (C=O) groups excluding carboxylic acids is 1. The molecule has 0 aliphatic carbocycles. The van der Waals surface area contributed by atoms with Gasteiger partial charge in [-0.3, -0.25) is 4.79 Å². The number of aliphatic hydroxyl groups excluding tert-OH is 1. The van der Waals surface area contributed by atoms with E-state index in [0.29, 0.717) is 6.42 Å².